The SMILES string of the molecule is CC(C)(C)NC(=O)CCNC(=O)CCc1ccccc1N.Cl. The number of nitrogens with one attached hydrogen (secondary N) is 2. The summed E-state index contributed by atoms with van der Waals surface area (Å²) < 4.78 is 0. The second-order valence-corrected chi connectivity index (χ2v) is 6.10. The molecular formula is C16H26ClN3O2. The highest BCUT2D eigenvalue weighted by Crippen LogP contribution is 2.12. The van der Waals surface area contributed by atoms with Gasteiger partial charge in [-0.15, -0.1) is 12.4 Å². The van der Waals surface area contributed by atoms with E-state index in [1.165, 1.54) is 0 Å². The third kappa shape index (κ3) is 8.52. The number of halogens is 1. The number of nitrogen functional groups attached to an aromatic ring is 1. The van der Waals surface area contributed by atoms with Crippen molar-refractivity contribution in [3.8, 4) is 0 Å². The van der Waals surface area contributed by atoms with Gasteiger partial charge in [0.15, 0.2) is 0 Å². The van der Waals surface area contributed by atoms with E-state index in [4.69, 9.17) is 5.73 Å². The molecule has 0 fully saturated rings. The molecule has 0 aliphatic heterocycles. The van der Waals surface area contributed by atoms with Crippen LogP contribution in [0, 0.1) is 0 Å². The second kappa shape index (κ2) is 9.30. The molecule has 1 aromatic carbocycles. The number of para-hydroxylation sites is 1. The van der Waals surface area contributed by atoms with E-state index >= 15 is 0 Å². The molecule has 0 atom stereocenters. The monoisotopic (exact) mass is 327 g/mol. The van der Waals surface area contributed by atoms with E-state index in [-0.39, 0.29) is 36.2 Å². The molecule has 0 radical (unpaired) electrons. The van der Waals surface area contributed by atoms with Crippen LogP contribution in [0.5, 0.6) is 0 Å². The fourth-order valence-electron chi connectivity index (χ4n) is 1.89. The molecule has 0 bridgehead atoms. The van der Waals surface area contributed by atoms with Crippen molar-refractivity contribution < 1.29 is 9.59 Å². The molecule has 0 aromatic heterocycles. The molecule has 1 rings (SSSR count). The first-order valence-corrected chi connectivity index (χ1v) is 7.19. The van der Waals surface area contributed by atoms with Crippen LogP contribution < -0.4 is 16.4 Å². The molecule has 0 saturated carbocycles. The summed E-state index contributed by atoms with van der Waals surface area (Å²) >= 11 is 0. The first-order chi connectivity index (χ1) is 9.78. The quantitative estimate of drug-likeness (QED) is 0.699. The Bertz CT molecular complexity index is 498. The van der Waals surface area contributed by atoms with E-state index < -0.39 is 0 Å². The zero-order chi connectivity index (χ0) is 15.9. The molecule has 0 aliphatic rings. The molecule has 22 heavy (non-hydrogen) atoms. The van der Waals surface area contributed by atoms with Crippen LogP contribution >= 0.6 is 12.4 Å². The lowest BCUT2D eigenvalue weighted by Crippen LogP contribution is -2.42. The zero-order valence-electron chi connectivity index (χ0n) is 13.4. The van der Waals surface area contributed by atoms with Crippen LogP contribution in [0.1, 0.15) is 39.2 Å². The fraction of sp³-hybridized carbons (Fsp3) is 0.500. The van der Waals surface area contributed by atoms with Gasteiger partial charge in [-0.2, -0.15) is 0 Å². The highest BCUT2D eigenvalue weighted by atomic mass is 35.5. The Morgan fingerprint density at radius 3 is 2.32 bits per heavy atom. The van der Waals surface area contributed by atoms with Crippen LogP contribution in [0.25, 0.3) is 0 Å². The molecule has 0 aliphatic carbocycles. The van der Waals surface area contributed by atoms with Crippen molar-refractivity contribution in [1.82, 2.24) is 10.6 Å². The number of carbonyl (C=O) groups is 2. The number of amides is 2. The topological polar surface area (TPSA) is 84.2 Å². The predicted molar refractivity (Wildman–Crippen MR) is 91.9 cm³/mol. The van der Waals surface area contributed by atoms with E-state index in [2.05, 4.69) is 10.6 Å². The fourth-order valence-corrected chi connectivity index (χ4v) is 1.89. The van der Waals surface area contributed by atoms with Crippen molar-refractivity contribution in [2.45, 2.75) is 45.6 Å². The molecule has 5 nitrogen and oxygen atoms in total. The van der Waals surface area contributed by atoms with Gasteiger partial charge in [0.1, 0.15) is 0 Å². The van der Waals surface area contributed by atoms with Crippen molar-refractivity contribution in [3.63, 3.8) is 0 Å². The molecule has 0 heterocycles. The summed E-state index contributed by atoms with van der Waals surface area (Å²) in [4.78, 5) is 23.3. The second-order valence-electron chi connectivity index (χ2n) is 6.10. The summed E-state index contributed by atoms with van der Waals surface area (Å²) in [5, 5.41) is 5.60. The number of carbonyl (C=O) groups excluding carboxylic acids is 2. The van der Waals surface area contributed by atoms with Gasteiger partial charge >= 0.3 is 0 Å². The Kier molecular flexibility index (Phi) is 8.56. The lowest BCUT2D eigenvalue weighted by molar-refractivity contribution is -0.123. The van der Waals surface area contributed by atoms with Crippen molar-refractivity contribution in [1.29, 1.82) is 0 Å². The lowest BCUT2D eigenvalue weighted by Gasteiger charge is -2.20. The maximum Gasteiger partial charge on any atom is 0.222 e. The van der Waals surface area contributed by atoms with Crippen LogP contribution in [-0.4, -0.2) is 23.9 Å². The highest BCUT2D eigenvalue weighted by Gasteiger charge is 2.13. The first kappa shape index (κ1) is 20.2. The molecule has 2 amide bonds. The normalized spacial score (nSPS) is 10.5. The first-order valence-electron chi connectivity index (χ1n) is 7.19. The molecule has 6 heteroatoms. The molecule has 4 N–H and O–H groups in total. The van der Waals surface area contributed by atoms with Gasteiger partial charge in [0.05, 0.1) is 0 Å². The van der Waals surface area contributed by atoms with Crippen LogP contribution in [-0.2, 0) is 16.0 Å². The number of nitrogens with two attached hydrogens (primary N) is 1. The van der Waals surface area contributed by atoms with E-state index in [1.807, 2.05) is 45.0 Å². The minimum Gasteiger partial charge on any atom is -0.399 e. The smallest absolute Gasteiger partial charge is 0.222 e. The maximum atomic E-state index is 11.7. The average Bonchev–Trinajstić information content (AvgIpc) is 2.35. The third-order valence-corrected chi connectivity index (χ3v) is 2.87. The number of anilines is 1. The Balaban J connectivity index is 0.00000441. The largest absolute Gasteiger partial charge is 0.399 e. The summed E-state index contributed by atoms with van der Waals surface area (Å²) in [5.41, 5.74) is 7.25. The van der Waals surface area contributed by atoms with Gasteiger partial charge in [0, 0.05) is 30.6 Å². The predicted octanol–water partition coefficient (Wildman–Crippen LogP) is 2.04. The maximum absolute atomic E-state index is 11.7. The van der Waals surface area contributed by atoms with Crippen molar-refractivity contribution in [2.24, 2.45) is 0 Å². The summed E-state index contributed by atoms with van der Waals surface area (Å²) in [6, 6.07) is 7.51. The molecule has 0 unspecified atom stereocenters. The minimum atomic E-state index is -0.244. The van der Waals surface area contributed by atoms with E-state index in [1.54, 1.807) is 0 Å². The number of hydrogen-bond acceptors (Lipinski definition) is 3. The number of benzene rings is 1. The summed E-state index contributed by atoms with van der Waals surface area (Å²) in [6.07, 6.45) is 1.26. The summed E-state index contributed by atoms with van der Waals surface area (Å²) in [5.74, 6) is -0.128. The van der Waals surface area contributed by atoms with Gasteiger partial charge in [0.25, 0.3) is 0 Å². The highest BCUT2D eigenvalue weighted by molar-refractivity contribution is 5.85. The Labute approximate surface area is 138 Å². The Morgan fingerprint density at radius 1 is 1.09 bits per heavy atom. The van der Waals surface area contributed by atoms with E-state index in [9.17, 15) is 9.59 Å². The molecule has 1 aromatic rings. The van der Waals surface area contributed by atoms with Gasteiger partial charge in [-0.25, -0.2) is 0 Å². The van der Waals surface area contributed by atoms with Crippen molar-refractivity contribution in [2.75, 3.05) is 12.3 Å². The summed E-state index contributed by atoms with van der Waals surface area (Å²) in [7, 11) is 0. The number of hydrogen-bond donors (Lipinski definition) is 3. The Morgan fingerprint density at radius 2 is 1.73 bits per heavy atom. The van der Waals surface area contributed by atoms with Crippen LogP contribution in [0.4, 0.5) is 5.69 Å². The van der Waals surface area contributed by atoms with Crippen molar-refractivity contribution >= 4 is 29.9 Å². The number of rotatable bonds is 6. The number of aryl methyl sites for hydroxylation is 1. The Hall–Kier alpha value is -1.75. The molecule has 124 valence electrons. The molecular weight excluding hydrogens is 302 g/mol. The van der Waals surface area contributed by atoms with E-state index in [0.717, 1.165) is 5.56 Å². The summed E-state index contributed by atoms with van der Waals surface area (Å²) in [6.45, 7) is 6.13. The van der Waals surface area contributed by atoms with Gasteiger partial charge in [-0.05, 0) is 38.8 Å². The van der Waals surface area contributed by atoms with Crippen LogP contribution in [0.3, 0.4) is 0 Å². The van der Waals surface area contributed by atoms with Crippen LogP contribution in [0.2, 0.25) is 0 Å². The van der Waals surface area contributed by atoms with Gasteiger partial charge < -0.3 is 16.4 Å². The molecule has 0 spiro atoms. The minimum absolute atomic E-state index is 0. The van der Waals surface area contributed by atoms with Gasteiger partial charge in [-0.1, -0.05) is 18.2 Å². The van der Waals surface area contributed by atoms with E-state index in [0.29, 0.717) is 25.1 Å². The standard InChI is InChI=1S/C16H25N3O2.ClH/c1-16(2,3)19-15(21)10-11-18-14(20)9-8-12-6-4-5-7-13(12)17;/h4-7H,8-11,17H2,1-3H3,(H,18,20)(H,19,21);1H. The molecule has 0 saturated heterocycles. The van der Waals surface area contributed by atoms with Crippen molar-refractivity contribution in [3.05, 3.63) is 29.8 Å². The van der Waals surface area contributed by atoms with Crippen LogP contribution in [0.15, 0.2) is 24.3 Å². The van der Waals surface area contributed by atoms with Gasteiger partial charge in [-0.3, -0.25) is 9.59 Å². The van der Waals surface area contributed by atoms with Gasteiger partial charge in [0.2, 0.25) is 11.8 Å². The zero-order valence-corrected chi connectivity index (χ0v) is 14.3. The third-order valence-electron chi connectivity index (χ3n) is 2.87. The average molecular weight is 328 g/mol. The lowest BCUT2D eigenvalue weighted by atomic mass is 10.1.